The molecule has 0 radical (unpaired) electrons. The highest BCUT2D eigenvalue weighted by Crippen LogP contribution is 2.23. The van der Waals surface area contributed by atoms with Gasteiger partial charge in [-0.2, -0.15) is 5.26 Å². The van der Waals surface area contributed by atoms with Gasteiger partial charge in [-0.05, 0) is 43.5 Å². The zero-order chi connectivity index (χ0) is 17.6. The van der Waals surface area contributed by atoms with Crippen LogP contribution >= 0.6 is 0 Å². The molecule has 0 bridgehead atoms. The number of benzene rings is 2. The molecule has 0 N–H and O–H groups in total. The van der Waals surface area contributed by atoms with E-state index in [4.69, 9.17) is 4.74 Å². The second kappa shape index (κ2) is 7.85. The van der Waals surface area contributed by atoms with Crippen LogP contribution in [0.4, 0.5) is 0 Å². The van der Waals surface area contributed by atoms with E-state index in [9.17, 15) is 10.1 Å². The number of piperidine rings is 1. The smallest absolute Gasteiger partial charge is 0.255 e. The minimum atomic E-state index is -0.0576. The van der Waals surface area contributed by atoms with Crippen molar-refractivity contribution in [3.63, 3.8) is 0 Å². The highest BCUT2D eigenvalue weighted by molar-refractivity contribution is 5.96. The number of carbonyl (C=O) groups excluding carboxylic acids is 1. The number of amides is 1. The molecule has 3 rings (SSSR count). The number of nitriles is 1. The average Bonchev–Trinajstić information content (AvgIpc) is 2.67. The average molecular weight is 334 g/mol. The van der Waals surface area contributed by atoms with Gasteiger partial charge in [-0.25, -0.2) is 0 Å². The summed E-state index contributed by atoms with van der Waals surface area (Å²) in [5.41, 5.74) is 2.05. The van der Waals surface area contributed by atoms with Crippen molar-refractivity contribution in [2.75, 3.05) is 19.7 Å². The number of ether oxygens (including phenoxy) is 1. The summed E-state index contributed by atoms with van der Waals surface area (Å²) < 4.78 is 5.96. The van der Waals surface area contributed by atoms with Gasteiger partial charge >= 0.3 is 0 Å². The van der Waals surface area contributed by atoms with Gasteiger partial charge in [0.15, 0.2) is 0 Å². The van der Waals surface area contributed by atoms with Gasteiger partial charge < -0.3 is 9.64 Å². The van der Waals surface area contributed by atoms with Gasteiger partial charge in [0.05, 0.1) is 23.8 Å². The Morgan fingerprint density at radius 3 is 2.80 bits per heavy atom. The van der Waals surface area contributed by atoms with Crippen LogP contribution in [0, 0.1) is 24.2 Å². The lowest BCUT2D eigenvalue weighted by Gasteiger charge is -2.33. The standard InChI is InChI=1S/C21H22N2O2/c1-16-7-2-5-11-20(16)25-15-17-8-6-12-23(14-17)21(24)19-10-4-3-9-18(19)13-22/h2-5,7,9-11,17H,6,8,12,14-15H2,1H3. The second-order valence-electron chi connectivity index (χ2n) is 6.49. The first-order chi connectivity index (χ1) is 12.2. The van der Waals surface area contributed by atoms with Crippen LogP contribution in [0.1, 0.15) is 34.3 Å². The number of hydrogen-bond donors (Lipinski definition) is 0. The van der Waals surface area contributed by atoms with Crippen molar-refractivity contribution in [1.29, 1.82) is 5.26 Å². The molecule has 4 heteroatoms. The molecule has 1 atom stereocenters. The Balaban J connectivity index is 1.64. The van der Waals surface area contributed by atoms with Crippen LogP contribution in [-0.2, 0) is 0 Å². The third-order valence-corrected chi connectivity index (χ3v) is 4.65. The first kappa shape index (κ1) is 17.0. The molecule has 1 aliphatic heterocycles. The lowest BCUT2D eigenvalue weighted by molar-refractivity contribution is 0.0632. The Labute approximate surface area is 148 Å². The summed E-state index contributed by atoms with van der Waals surface area (Å²) in [7, 11) is 0. The lowest BCUT2D eigenvalue weighted by atomic mass is 9.97. The number of rotatable bonds is 4. The van der Waals surface area contributed by atoms with E-state index in [2.05, 4.69) is 6.07 Å². The van der Waals surface area contributed by atoms with Crippen molar-refractivity contribution in [3.05, 3.63) is 65.2 Å². The van der Waals surface area contributed by atoms with Crippen LogP contribution in [0.15, 0.2) is 48.5 Å². The van der Waals surface area contributed by atoms with Crippen molar-refractivity contribution in [2.24, 2.45) is 5.92 Å². The summed E-state index contributed by atoms with van der Waals surface area (Å²) >= 11 is 0. The van der Waals surface area contributed by atoms with E-state index in [-0.39, 0.29) is 5.91 Å². The summed E-state index contributed by atoms with van der Waals surface area (Å²) in [6.45, 7) is 4.04. The minimum absolute atomic E-state index is 0.0576. The first-order valence-electron chi connectivity index (χ1n) is 8.66. The Kier molecular flexibility index (Phi) is 5.35. The maximum atomic E-state index is 12.8. The zero-order valence-corrected chi connectivity index (χ0v) is 14.4. The van der Waals surface area contributed by atoms with E-state index in [0.29, 0.717) is 30.2 Å². The molecular formula is C21H22N2O2. The fraction of sp³-hybridized carbons (Fsp3) is 0.333. The second-order valence-corrected chi connectivity index (χ2v) is 6.49. The van der Waals surface area contributed by atoms with Crippen molar-refractivity contribution in [1.82, 2.24) is 4.90 Å². The predicted molar refractivity (Wildman–Crippen MR) is 96.5 cm³/mol. The van der Waals surface area contributed by atoms with Crippen molar-refractivity contribution in [2.45, 2.75) is 19.8 Å². The summed E-state index contributed by atoms with van der Waals surface area (Å²) in [5.74, 6) is 1.16. The molecule has 0 saturated carbocycles. The Bertz CT molecular complexity index is 794. The third kappa shape index (κ3) is 4.00. The van der Waals surface area contributed by atoms with E-state index in [1.165, 1.54) is 0 Å². The van der Waals surface area contributed by atoms with E-state index >= 15 is 0 Å². The molecule has 0 aliphatic carbocycles. The molecule has 1 aliphatic rings. The van der Waals surface area contributed by atoms with Gasteiger partial charge in [0.25, 0.3) is 5.91 Å². The first-order valence-corrected chi connectivity index (χ1v) is 8.66. The molecule has 1 unspecified atom stereocenters. The SMILES string of the molecule is Cc1ccccc1OCC1CCCN(C(=O)c2ccccc2C#N)C1. The van der Waals surface area contributed by atoms with Gasteiger partial charge in [0.2, 0.25) is 0 Å². The highest BCUT2D eigenvalue weighted by atomic mass is 16.5. The van der Waals surface area contributed by atoms with Crippen LogP contribution < -0.4 is 4.74 Å². The van der Waals surface area contributed by atoms with Gasteiger partial charge in [-0.3, -0.25) is 4.79 Å². The normalized spacial score (nSPS) is 17.0. The maximum Gasteiger partial charge on any atom is 0.255 e. The van der Waals surface area contributed by atoms with Crippen LogP contribution in [0.3, 0.4) is 0 Å². The summed E-state index contributed by atoms with van der Waals surface area (Å²) in [6.07, 6.45) is 2.01. The van der Waals surface area contributed by atoms with E-state index in [1.807, 2.05) is 36.1 Å². The molecule has 25 heavy (non-hydrogen) atoms. The monoisotopic (exact) mass is 334 g/mol. The topological polar surface area (TPSA) is 53.3 Å². The van der Waals surface area contributed by atoms with Crippen LogP contribution in [0.25, 0.3) is 0 Å². The van der Waals surface area contributed by atoms with Crippen LogP contribution in [0.5, 0.6) is 5.75 Å². The van der Waals surface area contributed by atoms with Gasteiger partial charge in [0.1, 0.15) is 5.75 Å². The number of para-hydroxylation sites is 1. The molecule has 1 heterocycles. The number of carbonyl (C=O) groups is 1. The van der Waals surface area contributed by atoms with E-state index in [1.54, 1.807) is 24.3 Å². The Morgan fingerprint density at radius 1 is 1.24 bits per heavy atom. The highest BCUT2D eigenvalue weighted by Gasteiger charge is 2.26. The molecule has 128 valence electrons. The Hall–Kier alpha value is -2.80. The molecule has 0 spiro atoms. The van der Waals surface area contributed by atoms with Gasteiger partial charge in [-0.1, -0.05) is 30.3 Å². The van der Waals surface area contributed by atoms with Crippen molar-refractivity contribution < 1.29 is 9.53 Å². The van der Waals surface area contributed by atoms with E-state index in [0.717, 1.165) is 30.7 Å². The predicted octanol–water partition coefficient (Wildman–Crippen LogP) is 3.80. The fourth-order valence-corrected chi connectivity index (χ4v) is 3.25. The fourth-order valence-electron chi connectivity index (χ4n) is 3.25. The zero-order valence-electron chi connectivity index (χ0n) is 14.4. The largest absolute Gasteiger partial charge is 0.493 e. The third-order valence-electron chi connectivity index (χ3n) is 4.65. The van der Waals surface area contributed by atoms with Crippen LogP contribution in [-0.4, -0.2) is 30.5 Å². The number of hydrogen-bond acceptors (Lipinski definition) is 3. The molecule has 0 aromatic heterocycles. The molecule has 1 amide bonds. The molecule has 1 saturated heterocycles. The molecule has 1 fully saturated rings. The minimum Gasteiger partial charge on any atom is -0.493 e. The van der Waals surface area contributed by atoms with Crippen LogP contribution in [0.2, 0.25) is 0 Å². The molecular weight excluding hydrogens is 312 g/mol. The maximum absolute atomic E-state index is 12.8. The Morgan fingerprint density at radius 2 is 2.00 bits per heavy atom. The number of likely N-dealkylation sites (tertiary alicyclic amines) is 1. The number of aryl methyl sites for hydroxylation is 1. The lowest BCUT2D eigenvalue weighted by Crippen LogP contribution is -2.41. The summed E-state index contributed by atoms with van der Waals surface area (Å²) in [6, 6.07) is 17.1. The summed E-state index contributed by atoms with van der Waals surface area (Å²) in [5, 5.41) is 9.21. The molecule has 2 aromatic carbocycles. The van der Waals surface area contributed by atoms with Gasteiger partial charge in [0, 0.05) is 19.0 Å². The van der Waals surface area contributed by atoms with Gasteiger partial charge in [-0.15, -0.1) is 0 Å². The molecule has 2 aromatic rings. The number of nitrogens with zero attached hydrogens (tertiary/aromatic N) is 2. The van der Waals surface area contributed by atoms with Crippen molar-refractivity contribution in [3.8, 4) is 11.8 Å². The quantitative estimate of drug-likeness (QED) is 0.854. The molecule has 4 nitrogen and oxygen atoms in total. The summed E-state index contributed by atoms with van der Waals surface area (Å²) in [4.78, 5) is 14.6. The van der Waals surface area contributed by atoms with E-state index < -0.39 is 0 Å². The van der Waals surface area contributed by atoms with Crippen molar-refractivity contribution >= 4 is 5.91 Å².